The minimum absolute atomic E-state index is 0.111. The van der Waals surface area contributed by atoms with Crippen LogP contribution in [0.2, 0.25) is 0 Å². The number of nitrogens with zero attached hydrogens (tertiary/aromatic N) is 2. The third-order valence-corrected chi connectivity index (χ3v) is 4.54. The van der Waals surface area contributed by atoms with Crippen LogP contribution in [0.3, 0.4) is 0 Å². The predicted molar refractivity (Wildman–Crippen MR) is 101 cm³/mol. The summed E-state index contributed by atoms with van der Waals surface area (Å²) in [4.78, 5) is 15.7. The molecule has 0 spiro atoms. The maximum absolute atomic E-state index is 14.3. The van der Waals surface area contributed by atoms with Crippen LogP contribution in [0.15, 0.2) is 54.6 Å². The number of benzene rings is 2. The molecule has 0 radical (unpaired) electrons. The summed E-state index contributed by atoms with van der Waals surface area (Å²) in [6.07, 6.45) is 4.31. The van der Waals surface area contributed by atoms with E-state index in [2.05, 4.69) is 34.1 Å². The molecule has 1 heterocycles. The van der Waals surface area contributed by atoms with Gasteiger partial charge in [0.1, 0.15) is 5.82 Å². The molecule has 0 bridgehead atoms. The second-order valence-electron chi connectivity index (χ2n) is 6.32. The summed E-state index contributed by atoms with van der Waals surface area (Å²) in [5, 5.41) is 0. The molecule has 3 rings (SSSR count). The molecule has 0 unspecified atom stereocenters. The molecule has 25 heavy (non-hydrogen) atoms. The van der Waals surface area contributed by atoms with E-state index in [0.29, 0.717) is 11.3 Å². The van der Waals surface area contributed by atoms with E-state index in [-0.39, 0.29) is 11.6 Å². The van der Waals surface area contributed by atoms with E-state index in [1.165, 1.54) is 18.6 Å². The average Bonchev–Trinajstić information content (AvgIpc) is 2.63. The van der Waals surface area contributed by atoms with Crippen molar-refractivity contribution in [2.24, 2.45) is 0 Å². The number of ketones is 1. The number of hydrogen-bond acceptors (Lipinski definition) is 3. The van der Waals surface area contributed by atoms with Gasteiger partial charge in [-0.2, -0.15) is 0 Å². The molecule has 0 aliphatic carbocycles. The van der Waals surface area contributed by atoms with Crippen LogP contribution in [0, 0.1) is 5.82 Å². The molecule has 3 nitrogen and oxygen atoms in total. The predicted octanol–water partition coefficient (Wildman–Crippen LogP) is 3.86. The van der Waals surface area contributed by atoms with Gasteiger partial charge in [-0.1, -0.05) is 42.5 Å². The number of carbonyl (C=O) groups excluding carboxylic acids is 1. The second kappa shape index (κ2) is 8.08. The van der Waals surface area contributed by atoms with Crippen LogP contribution >= 0.6 is 0 Å². The molecule has 1 aliphatic rings. The second-order valence-corrected chi connectivity index (χ2v) is 6.32. The third-order valence-electron chi connectivity index (χ3n) is 4.54. The fourth-order valence-electron chi connectivity index (χ4n) is 3.06. The quantitative estimate of drug-likeness (QED) is 0.774. The Morgan fingerprint density at radius 3 is 2.44 bits per heavy atom. The molecule has 1 saturated heterocycles. The molecule has 0 amide bonds. The minimum Gasteiger partial charge on any atom is -0.367 e. The maximum Gasteiger partial charge on any atom is 0.159 e. The molecule has 2 aromatic carbocycles. The molecular formula is C21H23FN2O. The smallest absolute Gasteiger partial charge is 0.159 e. The Morgan fingerprint density at radius 2 is 1.80 bits per heavy atom. The number of Topliss-reactive ketones (excluding diaryl/α,β-unsaturated/α-hetero) is 1. The molecule has 0 N–H and O–H groups in total. The van der Waals surface area contributed by atoms with Gasteiger partial charge in [0.05, 0.1) is 5.69 Å². The lowest BCUT2D eigenvalue weighted by Gasteiger charge is -2.35. The first kappa shape index (κ1) is 17.4. The van der Waals surface area contributed by atoms with E-state index in [1.807, 2.05) is 18.2 Å². The number of rotatable bonds is 5. The monoisotopic (exact) mass is 338 g/mol. The molecule has 0 saturated carbocycles. The minimum atomic E-state index is -0.315. The summed E-state index contributed by atoms with van der Waals surface area (Å²) in [5.41, 5.74) is 2.21. The maximum atomic E-state index is 14.3. The first-order valence-electron chi connectivity index (χ1n) is 8.63. The standard InChI is InChI=1S/C21H23FN2O/c1-17(25)19-9-10-21(20(22)16-19)24-14-12-23(13-15-24)11-5-8-18-6-3-2-4-7-18/h2-10,16H,11-15H2,1H3/b8-5+. The van der Waals surface area contributed by atoms with Crippen molar-refractivity contribution in [3.63, 3.8) is 0 Å². The highest BCUT2D eigenvalue weighted by molar-refractivity contribution is 5.94. The Bertz CT molecular complexity index is 750. The Labute approximate surface area is 148 Å². The number of carbonyl (C=O) groups is 1. The fraction of sp³-hybridized carbons (Fsp3) is 0.286. The number of hydrogen-bond donors (Lipinski definition) is 0. The van der Waals surface area contributed by atoms with E-state index in [4.69, 9.17) is 0 Å². The van der Waals surface area contributed by atoms with Crippen molar-refractivity contribution in [1.29, 1.82) is 0 Å². The number of halogens is 1. The summed E-state index contributed by atoms with van der Waals surface area (Å²) in [6.45, 7) is 5.72. The van der Waals surface area contributed by atoms with Crippen molar-refractivity contribution in [2.75, 3.05) is 37.6 Å². The fourth-order valence-corrected chi connectivity index (χ4v) is 3.06. The molecule has 1 fully saturated rings. The lowest BCUT2D eigenvalue weighted by atomic mass is 10.1. The van der Waals surface area contributed by atoms with E-state index in [9.17, 15) is 9.18 Å². The third kappa shape index (κ3) is 4.54. The van der Waals surface area contributed by atoms with Crippen LogP contribution < -0.4 is 4.90 Å². The van der Waals surface area contributed by atoms with Crippen LogP contribution in [-0.2, 0) is 0 Å². The van der Waals surface area contributed by atoms with E-state index in [1.54, 1.807) is 12.1 Å². The van der Waals surface area contributed by atoms with Crippen molar-refractivity contribution in [2.45, 2.75) is 6.92 Å². The number of piperazine rings is 1. The van der Waals surface area contributed by atoms with Gasteiger partial charge in [-0.15, -0.1) is 0 Å². The summed E-state index contributed by atoms with van der Waals surface area (Å²) in [7, 11) is 0. The van der Waals surface area contributed by atoms with Crippen molar-refractivity contribution in [3.05, 3.63) is 71.6 Å². The SMILES string of the molecule is CC(=O)c1ccc(N2CCN(C/C=C/c3ccccc3)CC2)c(F)c1. The highest BCUT2D eigenvalue weighted by Crippen LogP contribution is 2.22. The van der Waals surface area contributed by atoms with Crippen molar-refractivity contribution >= 4 is 17.5 Å². The van der Waals surface area contributed by atoms with Gasteiger partial charge in [-0.05, 0) is 30.7 Å². The Morgan fingerprint density at radius 1 is 1.08 bits per heavy atom. The van der Waals surface area contributed by atoms with Gasteiger partial charge >= 0.3 is 0 Å². The Kier molecular flexibility index (Phi) is 5.61. The first-order chi connectivity index (χ1) is 12.1. The van der Waals surface area contributed by atoms with Crippen molar-refractivity contribution < 1.29 is 9.18 Å². The van der Waals surface area contributed by atoms with Crippen LogP contribution in [-0.4, -0.2) is 43.4 Å². The summed E-state index contributed by atoms with van der Waals surface area (Å²) < 4.78 is 14.3. The van der Waals surface area contributed by atoms with Gasteiger partial charge in [0.2, 0.25) is 0 Å². The lowest BCUT2D eigenvalue weighted by Crippen LogP contribution is -2.46. The van der Waals surface area contributed by atoms with E-state index >= 15 is 0 Å². The van der Waals surface area contributed by atoms with Crippen LogP contribution in [0.5, 0.6) is 0 Å². The van der Waals surface area contributed by atoms with Gasteiger partial charge in [0, 0.05) is 38.3 Å². The Hall–Kier alpha value is -2.46. The lowest BCUT2D eigenvalue weighted by molar-refractivity contribution is 0.101. The van der Waals surface area contributed by atoms with E-state index in [0.717, 1.165) is 32.7 Å². The highest BCUT2D eigenvalue weighted by atomic mass is 19.1. The van der Waals surface area contributed by atoms with Gasteiger partial charge in [-0.25, -0.2) is 4.39 Å². The molecule has 4 heteroatoms. The molecule has 130 valence electrons. The zero-order chi connectivity index (χ0) is 17.6. The molecule has 1 aliphatic heterocycles. The van der Waals surface area contributed by atoms with Gasteiger partial charge in [0.25, 0.3) is 0 Å². The average molecular weight is 338 g/mol. The molecule has 0 atom stereocenters. The van der Waals surface area contributed by atoms with Gasteiger partial charge < -0.3 is 4.90 Å². The highest BCUT2D eigenvalue weighted by Gasteiger charge is 2.19. The zero-order valence-electron chi connectivity index (χ0n) is 14.5. The van der Waals surface area contributed by atoms with Crippen LogP contribution in [0.25, 0.3) is 6.08 Å². The first-order valence-corrected chi connectivity index (χ1v) is 8.63. The van der Waals surface area contributed by atoms with E-state index < -0.39 is 0 Å². The zero-order valence-corrected chi connectivity index (χ0v) is 14.5. The summed E-state index contributed by atoms with van der Waals surface area (Å²) in [6, 6.07) is 15.0. The largest absolute Gasteiger partial charge is 0.367 e. The van der Waals surface area contributed by atoms with Crippen LogP contribution in [0.4, 0.5) is 10.1 Å². The summed E-state index contributed by atoms with van der Waals surface area (Å²) in [5.74, 6) is -0.425. The van der Waals surface area contributed by atoms with Crippen molar-refractivity contribution in [1.82, 2.24) is 4.90 Å². The topological polar surface area (TPSA) is 23.6 Å². The molecular weight excluding hydrogens is 315 g/mol. The van der Waals surface area contributed by atoms with Gasteiger partial charge in [-0.3, -0.25) is 9.69 Å². The number of anilines is 1. The normalized spacial score (nSPS) is 15.7. The molecule has 0 aromatic heterocycles. The molecule has 2 aromatic rings. The summed E-state index contributed by atoms with van der Waals surface area (Å²) >= 11 is 0. The Balaban J connectivity index is 1.53. The van der Waals surface area contributed by atoms with Gasteiger partial charge in [0.15, 0.2) is 5.78 Å². The van der Waals surface area contributed by atoms with Crippen molar-refractivity contribution in [3.8, 4) is 0 Å². The van der Waals surface area contributed by atoms with Crippen LogP contribution in [0.1, 0.15) is 22.8 Å².